The number of halogens is 1. The van der Waals surface area contributed by atoms with E-state index in [1.165, 1.54) is 6.07 Å². The lowest BCUT2D eigenvalue weighted by atomic mass is 9.94. The van der Waals surface area contributed by atoms with E-state index in [1.54, 1.807) is 50.1 Å². The zero-order valence-electron chi connectivity index (χ0n) is 20.3. The molecule has 35 heavy (non-hydrogen) atoms. The van der Waals surface area contributed by atoms with E-state index in [9.17, 15) is 19.2 Å². The predicted octanol–water partition coefficient (Wildman–Crippen LogP) is 3.66. The van der Waals surface area contributed by atoms with Crippen LogP contribution in [-0.2, 0) is 16.0 Å². The summed E-state index contributed by atoms with van der Waals surface area (Å²) >= 11 is 0. The van der Waals surface area contributed by atoms with E-state index in [-0.39, 0.29) is 24.3 Å². The zero-order chi connectivity index (χ0) is 25.1. The summed E-state index contributed by atoms with van der Waals surface area (Å²) in [5.74, 6) is 0.505. The number of aromatic amines is 1. The van der Waals surface area contributed by atoms with Gasteiger partial charge >= 0.3 is 6.09 Å². The molecule has 2 saturated carbocycles. The number of likely N-dealkylation sites (tertiary alicyclic amines) is 1. The van der Waals surface area contributed by atoms with Crippen LogP contribution in [0.5, 0.6) is 0 Å². The summed E-state index contributed by atoms with van der Waals surface area (Å²) in [6, 6.07) is 6.91. The van der Waals surface area contributed by atoms with Gasteiger partial charge in [-0.25, -0.2) is 9.18 Å². The Morgan fingerprint density at radius 3 is 2.74 bits per heavy atom. The third-order valence-corrected chi connectivity index (χ3v) is 7.65. The van der Waals surface area contributed by atoms with E-state index < -0.39 is 29.6 Å². The molecule has 2 aliphatic carbocycles. The summed E-state index contributed by atoms with van der Waals surface area (Å²) < 4.78 is 20.4. The second-order valence-electron chi connectivity index (χ2n) is 11.0. The fraction of sp³-hybridized carbons (Fsp3) is 0.538. The first kappa shape index (κ1) is 23.3. The number of H-pyrrole nitrogens is 1. The molecule has 1 saturated heterocycles. The lowest BCUT2D eigenvalue weighted by molar-refractivity contribution is -0.128. The number of amides is 2. The Bertz CT molecular complexity index is 1180. The molecular formula is C26H30FN5O3. The summed E-state index contributed by atoms with van der Waals surface area (Å²) in [5, 5.41) is 19.3. The second kappa shape index (κ2) is 8.36. The molecule has 7 atom stereocenters. The Hall–Kier alpha value is -3.41. The van der Waals surface area contributed by atoms with E-state index in [0.29, 0.717) is 34.6 Å². The predicted molar refractivity (Wildman–Crippen MR) is 125 cm³/mol. The van der Waals surface area contributed by atoms with Crippen molar-refractivity contribution in [1.82, 2.24) is 20.4 Å². The van der Waals surface area contributed by atoms with Gasteiger partial charge in [-0.3, -0.25) is 14.8 Å². The van der Waals surface area contributed by atoms with Crippen molar-refractivity contribution < 1.29 is 18.7 Å². The first-order valence-corrected chi connectivity index (χ1v) is 12.1. The number of rotatable bonds is 5. The highest BCUT2D eigenvalue weighted by atomic mass is 19.1. The average molecular weight is 480 g/mol. The maximum absolute atomic E-state index is 14.8. The van der Waals surface area contributed by atoms with Crippen molar-refractivity contribution in [3.63, 3.8) is 0 Å². The summed E-state index contributed by atoms with van der Waals surface area (Å²) in [5.41, 5.74) is 0.882. The van der Waals surface area contributed by atoms with Gasteiger partial charge < -0.3 is 10.1 Å². The maximum atomic E-state index is 14.8. The van der Waals surface area contributed by atoms with Gasteiger partial charge in [-0.05, 0) is 68.6 Å². The third-order valence-electron chi connectivity index (χ3n) is 7.65. The molecule has 2 bridgehead atoms. The normalized spacial score (nSPS) is 29.3. The van der Waals surface area contributed by atoms with Crippen LogP contribution in [0.1, 0.15) is 39.7 Å². The smallest absolute Gasteiger partial charge is 0.411 e. The van der Waals surface area contributed by atoms with Gasteiger partial charge in [-0.1, -0.05) is 19.1 Å². The average Bonchev–Trinajstić information content (AvgIpc) is 3.22. The molecule has 0 radical (unpaired) electrons. The molecule has 0 spiro atoms. The quantitative estimate of drug-likeness (QED) is 0.680. The number of fused-ring (bicyclic) bond motifs is 5. The van der Waals surface area contributed by atoms with Gasteiger partial charge in [0.15, 0.2) is 0 Å². The first-order chi connectivity index (χ1) is 16.6. The maximum Gasteiger partial charge on any atom is 0.411 e. The molecule has 5 rings (SSSR count). The third kappa shape index (κ3) is 4.15. The molecule has 1 aromatic carbocycles. The number of aromatic nitrogens is 2. The highest BCUT2D eigenvalue weighted by Crippen LogP contribution is 2.67. The first-order valence-electron chi connectivity index (χ1n) is 12.1. The number of nitrogens with one attached hydrogen (secondary N) is 2. The molecule has 2 aromatic rings. The van der Waals surface area contributed by atoms with Gasteiger partial charge in [-0.15, -0.1) is 0 Å². The number of carbonyl (C=O) groups excluding carboxylic acids is 2. The molecule has 2 heterocycles. The van der Waals surface area contributed by atoms with Crippen LogP contribution in [0, 0.1) is 40.8 Å². The van der Waals surface area contributed by atoms with Crippen LogP contribution in [0.15, 0.2) is 30.5 Å². The molecule has 2 unspecified atom stereocenters. The number of carbonyl (C=O) groups is 2. The van der Waals surface area contributed by atoms with Gasteiger partial charge in [-0.2, -0.15) is 10.4 Å². The number of nitrogens with zero attached hydrogens (tertiary/aromatic N) is 3. The molecular weight excluding hydrogens is 449 g/mol. The SMILES string of the molecule is C[C@H]1C2C1[C@@H]1C[C@H]2[C@@H](C(=O)N[C@H](C#N)Cc2ccc(-c3cc[nH]n3)cc2F)N1C(=O)OC(C)(C)C. The highest BCUT2D eigenvalue weighted by molar-refractivity contribution is 5.88. The fourth-order valence-corrected chi connectivity index (χ4v) is 6.24. The molecule has 3 fully saturated rings. The monoisotopic (exact) mass is 479 g/mol. The summed E-state index contributed by atoms with van der Waals surface area (Å²) in [6.45, 7) is 7.56. The molecule has 1 aliphatic heterocycles. The standard InChI is InChI=1S/C26H30FN5O3/c1-13-21-17-11-20(22(13)21)32(25(34)35-26(2,3)4)23(17)24(33)30-16(12-28)9-14-5-6-15(10-18(14)27)19-7-8-29-31-19/h5-8,10,13,16-17,20-23H,9,11H2,1-4H3,(H,29,31)(H,30,33)/t13-,16-,17+,20-,21?,22?,23-/m0/s1. The minimum absolute atomic E-state index is 0.0156. The van der Waals surface area contributed by atoms with Crippen LogP contribution in [0.4, 0.5) is 9.18 Å². The Kier molecular flexibility index (Phi) is 5.58. The van der Waals surface area contributed by atoms with Crippen molar-refractivity contribution in [1.29, 1.82) is 5.26 Å². The number of piperidine rings is 1. The van der Waals surface area contributed by atoms with Crippen LogP contribution >= 0.6 is 0 Å². The van der Waals surface area contributed by atoms with E-state index in [4.69, 9.17) is 4.74 Å². The lowest BCUT2D eigenvalue weighted by Crippen LogP contribution is -2.56. The number of hydrogen-bond donors (Lipinski definition) is 2. The fourth-order valence-electron chi connectivity index (χ4n) is 6.24. The Labute approximate surface area is 203 Å². The highest BCUT2D eigenvalue weighted by Gasteiger charge is 2.71. The Morgan fingerprint density at radius 2 is 2.11 bits per heavy atom. The van der Waals surface area contributed by atoms with Crippen LogP contribution in [0.2, 0.25) is 0 Å². The zero-order valence-corrected chi connectivity index (χ0v) is 20.3. The van der Waals surface area contributed by atoms with Crippen LogP contribution in [0.25, 0.3) is 11.3 Å². The van der Waals surface area contributed by atoms with E-state index >= 15 is 0 Å². The van der Waals surface area contributed by atoms with Gasteiger partial charge in [0.05, 0.1) is 11.8 Å². The number of ether oxygens (including phenoxy) is 1. The van der Waals surface area contributed by atoms with Crippen molar-refractivity contribution in [2.24, 2.45) is 23.7 Å². The number of hydrogen-bond acceptors (Lipinski definition) is 5. The molecule has 2 N–H and O–H groups in total. The molecule has 8 nitrogen and oxygen atoms in total. The minimum Gasteiger partial charge on any atom is -0.444 e. The van der Waals surface area contributed by atoms with Crippen LogP contribution in [0.3, 0.4) is 0 Å². The summed E-state index contributed by atoms with van der Waals surface area (Å²) in [7, 11) is 0. The Balaban J connectivity index is 1.31. The largest absolute Gasteiger partial charge is 0.444 e. The van der Waals surface area contributed by atoms with E-state index in [0.717, 1.165) is 6.42 Å². The summed E-state index contributed by atoms with van der Waals surface area (Å²) in [6.07, 6.45) is 1.96. The molecule has 2 amide bonds. The van der Waals surface area contributed by atoms with Crippen molar-refractivity contribution in [3.8, 4) is 17.3 Å². The van der Waals surface area contributed by atoms with Crippen LogP contribution < -0.4 is 5.32 Å². The molecule has 1 aromatic heterocycles. The van der Waals surface area contributed by atoms with Gasteiger partial charge in [0, 0.05) is 24.2 Å². The van der Waals surface area contributed by atoms with Crippen LogP contribution in [-0.4, -0.2) is 50.8 Å². The van der Waals surface area contributed by atoms with Gasteiger partial charge in [0.1, 0.15) is 23.5 Å². The van der Waals surface area contributed by atoms with Crippen molar-refractivity contribution >= 4 is 12.0 Å². The Morgan fingerprint density at radius 1 is 1.34 bits per heavy atom. The number of benzene rings is 1. The number of nitriles is 1. The summed E-state index contributed by atoms with van der Waals surface area (Å²) in [4.78, 5) is 28.1. The van der Waals surface area contributed by atoms with Crippen molar-refractivity contribution in [2.45, 2.75) is 64.3 Å². The molecule has 3 aliphatic rings. The molecule has 184 valence electrons. The van der Waals surface area contributed by atoms with Crippen molar-refractivity contribution in [2.75, 3.05) is 0 Å². The minimum atomic E-state index is -0.930. The van der Waals surface area contributed by atoms with Crippen molar-refractivity contribution in [3.05, 3.63) is 41.8 Å². The lowest BCUT2D eigenvalue weighted by Gasteiger charge is -2.35. The second-order valence-corrected chi connectivity index (χ2v) is 11.0. The topological polar surface area (TPSA) is 111 Å². The van der Waals surface area contributed by atoms with Gasteiger partial charge in [0.2, 0.25) is 5.91 Å². The molecule has 9 heteroatoms. The van der Waals surface area contributed by atoms with Gasteiger partial charge in [0.25, 0.3) is 0 Å². The van der Waals surface area contributed by atoms with E-state index in [1.807, 2.05) is 0 Å². The van der Waals surface area contributed by atoms with E-state index in [2.05, 4.69) is 28.5 Å².